The summed E-state index contributed by atoms with van der Waals surface area (Å²) in [6, 6.07) is 5.63. The largest absolute Gasteiger partial charge is 0.354 e. The topological polar surface area (TPSA) is 90.9 Å². The highest BCUT2D eigenvalue weighted by atomic mass is 19.1. The average Bonchev–Trinajstić information content (AvgIpc) is 3.17. The van der Waals surface area contributed by atoms with Gasteiger partial charge < -0.3 is 5.32 Å². The Morgan fingerprint density at radius 1 is 1.12 bits per heavy atom. The van der Waals surface area contributed by atoms with E-state index in [-0.39, 0.29) is 24.5 Å². The van der Waals surface area contributed by atoms with Crippen LogP contribution in [0.25, 0.3) is 11.0 Å². The number of amides is 1. The summed E-state index contributed by atoms with van der Waals surface area (Å²) in [7, 11) is 0. The molecule has 0 saturated heterocycles. The van der Waals surface area contributed by atoms with Gasteiger partial charge in [0.1, 0.15) is 17.9 Å². The molecule has 2 aromatic heterocycles. The van der Waals surface area contributed by atoms with Gasteiger partial charge in [0.05, 0.1) is 12.2 Å². The van der Waals surface area contributed by atoms with E-state index in [1.165, 1.54) is 47.2 Å². The molecule has 0 bridgehead atoms. The second-order valence-electron chi connectivity index (χ2n) is 8.69. The van der Waals surface area contributed by atoms with Gasteiger partial charge in [-0.1, -0.05) is 23.8 Å². The highest BCUT2D eigenvalue weighted by Crippen LogP contribution is 2.19. The number of nitrogens with one attached hydrogen (secondary N) is 1. The lowest BCUT2D eigenvalue weighted by atomic mass is 9.97. The first-order chi connectivity index (χ1) is 16.4. The zero-order valence-corrected chi connectivity index (χ0v) is 19.6. The van der Waals surface area contributed by atoms with Crippen molar-refractivity contribution in [3.8, 4) is 0 Å². The van der Waals surface area contributed by atoms with Crippen molar-refractivity contribution < 1.29 is 9.18 Å². The van der Waals surface area contributed by atoms with Gasteiger partial charge >= 0.3 is 5.69 Å². The number of aromatic nitrogens is 4. The zero-order chi connectivity index (χ0) is 24.2. The summed E-state index contributed by atoms with van der Waals surface area (Å²) in [4.78, 5) is 39.5. The quantitative estimate of drug-likeness (QED) is 0.516. The van der Waals surface area contributed by atoms with Crippen LogP contribution in [-0.4, -0.2) is 31.4 Å². The van der Waals surface area contributed by atoms with Crippen molar-refractivity contribution in [2.24, 2.45) is 0 Å². The number of carbonyl (C=O) groups excluding carboxylic acids is 1. The van der Waals surface area contributed by atoms with Gasteiger partial charge in [-0.3, -0.25) is 23.4 Å². The number of hydrogen-bond donors (Lipinski definition) is 1. The number of benzene rings is 1. The lowest BCUT2D eigenvalue weighted by molar-refractivity contribution is -0.121. The molecule has 4 rings (SSSR count). The maximum atomic E-state index is 13.4. The molecule has 3 aromatic rings. The molecule has 34 heavy (non-hydrogen) atoms. The van der Waals surface area contributed by atoms with Crippen LogP contribution in [0.3, 0.4) is 0 Å². The molecule has 1 aromatic carbocycles. The minimum atomic E-state index is -0.592. The van der Waals surface area contributed by atoms with E-state index in [1.54, 1.807) is 11.6 Å². The Balaban J connectivity index is 1.67. The van der Waals surface area contributed by atoms with Crippen molar-refractivity contribution in [1.82, 2.24) is 24.2 Å². The van der Waals surface area contributed by atoms with Crippen LogP contribution in [0, 0.1) is 12.7 Å². The smallest absolute Gasteiger partial charge is 0.332 e. The summed E-state index contributed by atoms with van der Waals surface area (Å²) in [6.07, 6.45) is 7.60. The third kappa shape index (κ3) is 4.88. The summed E-state index contributed by atoms with van der Waals surface area (Å²) in [5, 5.41) is 7.32. The second-order valence-corrected chi connectivity index (χ2v) is 8.69. The fourth-order valence-electron chi connectivity index (χ4n) is 4.54. The van der Waals surface area contributed by atoms with E-state index in [0.717, 1.165) is 23.8 Å². The van der Waals surface area contributed by atoms with Gasteiger partial charge in [-0.25, -0.2) is 9.18 Å². The highest BCUT2D eigenvalue weighted by Gasteiger charge is 2.21. The first kappa shape index (κ1) is 23.7. The molecule has 0 radical (unpaired) electrons. The van der Waals surface area contributed by atoms with Crippen LogP contribution in [-0.2, 0) is 24.4 Å². The first-order valence-electron chi connectivity index (χ1n) is 11.8. The molecular formula is C25H30FN5O3. The summed E-state index contributed by atoms with van der Waals surface area (Å²) >= 11 is 0. The molecule has 8 nitrogen and oxygen atoms in total. The number of halogens is 1. The zero-order valence-electron chi connectivity index (χ0n) is 19.6. The molecule has 0 aliphatic heterocycles. The van der Waals surface area contributed by atoms with Crippen LogP contribution < -0.4 is 16.6 Å². The maximum absolute atomic E-state index is 13.4. The van der Waals surface area contributed by atoms with Crippen molar-refractivity contribution in [3.63, 3.8) is 0 Å². The molecule has 0 spiro atoms. The summed E-state index contributed by atoms with van der Waals surface area (Å²) in [5.41, 5.74) is 2.06. The third-order valence-corrected chi connectivity index (χ3v) is 6.28. The Bertz CT molecular complexity index is 1350. The Labute approximate surface area is 196 Å². The highest BCUT2D eigenvalue weighted by molar-refractivity contribution is 5.81. The summed E-state index contributed by atoms with van der Waals surface area (Å²) in [6.45, 7) is 4.28. The van der Waals surface area contributed by atoms with Crippen molar-refractivity contribution in [2.75, 3.05) is 6.54 Å². The van der Waals surface area contributed by atoms with Crippen LogP contribution in [0.5, 0.6) is 0 Å². The predicted molar refractivity (Wildman–Crippen MR) is 128 cm³/mol. The SMILES string of the molecule is CCn1nc(C)c2c1c(=O)n(Cc1ccc(F)cc1)c(=O)n2CC(=O)NCCC1=CCCCC1. The van der Waals surface area contributed by atoms with Crippen molar-refractivity contribution in [3.05, 3.63) is 73.8 Å². The minimum Gasteiger partial charge on any atom is -0.354 e. The molecule has 1 amide bonds. The molecule has 1 N–H and O–H groups in total. The van der Waals surface area contributed by atoms with E-state index < -0.39 is 17.1 Å². The normalized spacial score (nSPS) is 13.8. The number of carbonyl (C=O) groups is 1. The van der Waals surface area contributed by atoms with E-state index in [0.29, 0.717) is 29.9 Å². The molecule has 0 unspecified atom stereocenters. The standard InChI is InChI=1S/C25H30FN5O3/c1-3-31-23-22(17(2)28-31)29(16-21(32)27-14-13-18-7-5-4-6-8-18)25(34)30(24(23)33)15-19-9-11-20(26)12-10-19/h7,9-12H,3-6,8,13-16H2,1-2H3,(H,27,32). The molecular weight excluding hydrogens is 437 g/mol. The van der Waals surface area contributed by atoms with Crippen LogP contribution in [0.1, 0.15) is 50.3 Å². The van der Waals surface area contributed by atoms with E-state index >= 15 is 0 Å². The van der Waals surface area contributed by atoms with Gasteiger partial charge in [0.25, 0.3) is 5.56 Å². The Hall–Kier alpha value is -3.49. The lowest BCUT2D eigenvalue weighted by Gasteiger charge is -2.15. The number of hydrogen-bond acceptors (Lipinski definition) is 4. The van der Waals surface area contributed by atoms with E-state index in [1.807, 2.05) is 6.92 Å². The van der Waals surface area contributed by atoms with Gasteiger partial charge in [-0.05, 0) is 63.6 Å². The number of nitrogens with zero attached hydrogens (tertiary/aromatic N) is 4. The third-order valence-electron chi connectivity index (χ3n) is 6.28. The lowest BCUT2D eigenvalue weighted by Crippen LogP contribution is -2.43. The number of rotatable bonds is 8. The van der Waals surface area contributed by atoms with Crippen molar-refractivity contribution in [2.45, 2.75) is 65.6 Å². The fourth-order valence-corrected chi connectivity index (χ4v) is 4.54. The Kier molecular flexibility index (Phi) is 7.09. The molecule has 180 valence electrons. The number of fused-ring (bicyclic) bond motifs is 1. The minimum absolute atomic E-state index is 0.0302. The molecule has 0 saturated carbocycles. The van der Waals surface area contributed by atoms with Crippen molar-refractivity contribution >= 4 is 16.9 Å². The molecule has 2 heterocycles. The first-order valence-corrected chi connectivity index (χ1v) is 11.8. The summed E-state index contributed by atoms with van der Waals surface area (Å²) < 4.78 is 17.3. The molecule has 1 aliphatic carbocycles. The van der Waals surface area contributed by atoms with E-state index in [9.17, 15) is 18.8 Å². The monoisotopic (exact) mass is 467 g/mol. The fraction of sp³-hybridized carbons (Fsp3) is 0.440. The molecule has 1 aliphatic rings. The molecule has 0 fully saturated rings. The van der Waals surface area contributed by atoms with Gasteiger partial charge in [-0.15, -0.1) is 0 Å². The van der Waals surface area contributed by atoms with Crippen molar-refractivity contribution in [1.29, 1.82) is 0 Å². The summed E-state index contributed by atoms with van der Waals surface area (Å²) in [5.74, 6) is -0.695. The molecule has 0 atom stereocenters. The van der Waals surface area contributed by atoms with E-state index in [4.69, 9.17) is 0 Å². The maximum Gasteiger partial charge on any atom is 0.332 e. The van der Waals surface area contributed by atoms with Gasteiger partial charge in [0, 0.05) is 13.1 Å². The number of aryl methyl sites for hydroxylation is 2. The van der Waals surface area contributed by atoms with Gasteiger partial charge in [0.15, 0.2) is 5.52 Å². The van der Waals surface area contributed by atoms with Crippen LogP contribution in [0.2, 0.25) is 0 Å². The van der Waals surface area contributed by atoms with E-state index in [2.05, 4.69) is 16.5 Å². The van der Waals surface area contributed by atoms with Crippen LogP contribution >= 0.6 is 0 Å². The second kappa shape index (κ2) is 10.2. The molecule has 9 heteroatoms. The Morgan fingerprint density at radius 3 is 2.56 bits per heavy atom. The predicted octanol–water partition coefficient (Wildman–Crippen LogP) is 2.88. The van der Waals surface area contributed by atoms with Gasteiger partial charge in [0.2, 0.25) is 5.91 Å². The van der Waals surface area contributed by atoms with Gasteiger partial charge in [-0.2, -0.15) is 5.10 Å². The Morgan fingerprint density at radius 2 is 1.88 bits per heavy atom. The average molecular weight is 468 g/mol. The van der Waals surface area contributed by atoms with Crippen LogP contribution in [0.15, 0.2) is 45.5 Å². The van der Waals surface area contributed by atoms with Crippen LogP contribution in [0.4, 0.5) is 4.39 Å². The number of allylic oxidation sites excluding steroid dienone is 1.